The Kier molecular flexibility index (Phi) is 6.41. The lowest BCUT2D eigenvalue weighted by Gasteiger charge is -2.34. The average Bonchev–Trinajstić information content (AvgIpc) is 3.62. The number of H-pyrrole nitrogens is 2. The molecule has 1 fully saturated rings. The number of nitrogens with one attached hydrogen (secondary N) is 3. The minimum absolute atomic E-state index is 0.0874. The molecule has 5 heterocycles. The number of nitrogens with zero attached hydrogens (tertiary/aromatic N) is 5. The standard InChI is InChI=1S/C32H30N8O/c1-39-10-12-40(13-11-39)29-9-5-8-27-25(29)17-28(36-27)31-26-16-23(19-34-32(26)38-37-31)22-15-24(20-33-18-22)35-30(41)14-21-6-3-2-4-7-21/h2-9,15-20,36H,10-14H2,1H3,(H,35,41)(H,34,37,38). The number of fused-ring (bicyclic) bond motifs is 2. The highest BCUT2D eigenvalue weighted by atomic mass is 16.1. The fraction of sp³-hybridized carbons (Fsp3) is 0.188. The van der Waals surface area contributed by atoms with E-state index >= 15 is 0 Å². The number of pyridine rings is 2. The highest BCUT2D eigenvalue weighted by Crippen LogP contribution is 2.34. The third-order valence-electron chi connectivity index (χ3n) is 7.73. The molecule has 0 aliphatic carbocycles. The lowest BCUT2D eigenvalue weighted by molar-refractivity contribution is -0.115. The maximum Gasteiger partial charge on any atom is 0.228 e. The second kappa shape index (κ2) is 10.5. The molecule has 0 atom stereocenters. The maximum absolute atomic E-state index is 12.6. The molecule has 0 radical (unpaired) electrons. The lowest BCUT2D eigenvalue weighted by atomic mass is 10.1. The van der Waals surface area contributed by atoms with Gasteiger partial charge < -0.3 is 20.1 Å². The van der Waals surface area contributed by atoms with Gasteiger partial charge in [0.05, 0.1) is 29.7 Å². The summed E-state index contributed by atoms with van der Waals surface area (Å²) in [6, 6.07) is 22.3. The van der Waals surface area contributed by atoms with Crippen molar-refractivity contribution in [3.8, 4) is 22.5 Å². The number of hydrogen-bond acceptors (Lipinski definition) is 6. The SMILES string of the molecule is CN1CCN(c2cccc3[nH]c(-c4[nH]nc5ncc(-c6cncc(NC(=O)Cc7ccccc7)c6)cc45)cc23)CC1. The quantitative estimate of drug-likeness (QED) is 0.270. The normalized spacial score (nSPS) is 14.1. The van der Waals surface area contributed by atoms with Crippen LogP contribution in [0.3, 0.4) is 0 Å². The molecule has 4 aromatic heterocycles. The van der Waals surface area contributed by atoms with Crippen LogP contribution in [0.2, 0.25) is 0 Å². The monoisotopic (exact) mass is 542 g/mol. The Hall–Kier alpha value is -5.02. The number of hydrogen-bond donors (Lipinski definition) is 3. The Morgan fingerprint density at radius 2 is 1.73 bits per heavy atom. The number of amides is 1. The first-order valence-corrected chi connectivity index (χ1v) is 13.8. The van der Waals surface area contributed by atoms with Crippen LogP contribution in [0.1, 0.15) is 5.56 Å². The molecular formula is C32H30N8O. The van der Waals surface area contributed by atoms with E-state index in [2.05, 4.69) is 77.6 Å². The van der Waals surface area contributed by atoms with Crippen LogP contribution in [-0.2, 0) is 11.2 Å². The van der Waals surface area contributed by atoms with Gasteiger partial charge in [-0.1, -0.05) is 36.4 Å². The van der Waals surface area contributed by atoms with E-state index in [0.29, 0.717) is 17.8 Å². The molecule has 9 heteroatoms. The first kappa shape index (κ1) is 25.0. The zero-order chi connectivity index (χ0) is 27.8. The zero-order valence-electron chi connectivity index (χ0n) is 22.8. The van der Waals surface area contributed by atoms with Crippen molar-refractivity contribution < 1.29 is 4.79 Å². The summed E-state index contributed by atoms with van der Waals surface area (Å²) in [7, 11) is 2.17. The van der Waals surface area contributed by atoms with Crippen molar-refractivity contribution in [2.45, 2.75) is 6.42 Å². The van der Waals surface area contributed by atoms with E-state index in [4.69, 9.17) is 0 Å². The largest absolute Gasteiger partial charge is 0.368 e. The number of carbonyl (C=O) groups excluding carboxylic acids is 1. The van der Waals surface area contributed by atoms with Crippen LogP contribution in [0, 0.1) is 0 Å². The molecule has 0 saturated carbocycles. The summed E-state index contributed by atoms with van der Waals surface area (Å²) in [5.74, 6) is -0.0874. The van der Waals surface area contributed by atoms with Gasteiger partial charge in [0.1, 0.15) is 0 Å². The number of piperazine rings is 1. The molecule has 2 aromatic carbocycles. The summed E-state index contributed by atoms with van der Waals surface area (Å²) in [4.78, 5) is 30.0. The summed E-state index contributed by atoms with van der Waals surface area (Å²) in [6.45, 7) is 4.13. The van der Waals surface area contributed by atoms with Crippen molar-refractivity contribution >= 4 is 39.2 Å². The molecule has 9 nitrogen and oxygen atoms in total. The van der Waals surface area contributed by atoms with E-state index < -0.39 is 0 Å². The van der Waals surface area contributed by atoms with Gasteiger partial charge in [-0.3, -0.25) is 14.9 Å². The van der Waals surface area contributed by atoms with Crippen LogP contribution < -0.4 is 10.2 Å². The highest BCUT2D eigenvalue weighted by molar-refractivity contribution is 6.00. The van der Waals surface area contributed by atoms with Crippen molar-refractivity contribution in [3.63, 3.8) is 0 Å². The van der Waals surface area contributed by atoms with Crippen LogP contribution in [0.4, 0.5) is 11.4 Å². The van der Waals surface area contributed by atoms with E-state index in [0.717, 1.165) is 65.2 Å². The molecule has 0 unspecified atom stereocenters. The molecular weight excluding hydrogens is 512 g/mol. The van der Waals surface area contributed by atoms with Gasteiger partial charge in [0.25, 0.3) is 0 Å². The van der Waals surface area contributed by atoms with Crippen molar-refractivity contribution in [3.05, 3.63) is 90.9 Å². The second-order valence-corrected chi connectivity index (χ2v) is 10.6. The Morgan fingerprint density at radius 3 is 2.59 bits per heavy atom. The third kappa shape index (κ3) is 5.03. The minimum Gasteiger partial charge on any atom is -0.368 e. The topological polar surface area (TPSA) is 106 Å². The summed E-state index contributed by atoms with van der Waals surface area (Å²) in [5, 5.41) is 12.7. The number of aromatic amines is 2. The molecule has 1 amide bonds. The predicted molar refractivity (Wildman–Crippen MR) is 163 cm³/mol. The number of carbonyl (C=O) groups is 1. The van der Waals surface area contributed by atoms with Gasteiger partial charge in [-0.15, -0.1) is 0 Å². The highest BCUT2D eigenvalue weighted by Gasteiger charge is 2.19. The van der Waals surface area contributed by atoms with E-state index in [-0.39, 0.29) is 5.91 Å². The Balaban J connectivity index is 1.18. The molecule has 3 N–H and O–H groups in total. The van der Waals surface area contributed by atoms with Crippen LogP contribution in [-0.4, -0.2) is 69.2 Å². The van der Waals surface area contributed by atoms with Crippen LogP contribution in [0.5, 0.6) is 0 Å². The summed E-state index contributed by atoms with van der Waals surface area (Å²) in [6.07, 6.45) is 5.53. The lowest BCUT2D eigenvalue weighted by Crippen LogP contribution is -2.44. The van der Waals surface area contributed by atoms with Gasteiger partial charge in [0, 0.05) is 71.7 Å². The van der Waals surface area contributed by atoms with E-state index in [1.807, 2.05) is 36.4 Å². The van der Waals surface area contributed by atoms with Crippen molar-refractivity contribution in [2.75, 3.05) is 43.4 Å². The van der Waals surface area contributed by atoms with E-state index in [1.165, 1.54) is 11.1 Å². The number of benzene rings is 2. The number of aromatic nitrogens is 5. The Bertz CT molecular complexity index is 1850. The predicted octanol–water partition coefficient (Wildman–Crippen LogP) is 5.10. The third-order valence-corrected chi connectivity index (χ3v) is 7.73. The van der Waals surface area contributed by atoms with Gasteiger partial charge >= 0.3 is 0 Å². The number of rotatable bonds is 6. The summed E-state index contributed by atoms with van der Waals surface area (Å²) < 4.78 is 0. The molecule has 7 rings (SSSR count). The van der Waals surface area contributed by atoms with Crippen LogP contribution >= 0.6 is 0 Å². The molecule has 204 valence electrons. The smallest absolute Gasteiger partial charge is 0.228 e. The number of anilines is 2. The molecule has 1 aliphatic rings. The Morgan fingerprint density at radius 1 is 0.902 bits per heavy atom. The summed E-state index contributed by atoms with van der Waals surface area (Å²) in [5.41, 5.74) is 8.18. The van der Waals surface area contributed by atoms with Gasteiger partial charge in [-0.05, 0) is 42.9 Å². The first-order valence-electron chi connectivity index (χ1n) is 13.8. The van der Waals surface area contributed by atoms with Gasteiger partial charge in [-0.25, -0.2) is 4.98 Å². The molecule has 1 saturated heterocycles. The number of likely N-dealkylation sites (N-methyl/N-ethyl adjacent to an activating group) is 1. The minimum atomic E-state index is -0.0874. The van der Waals surface area contributed by atoms with E-state index in [9.17, 15) is 4.79 Å². The van der Waals surface area contributed by atoms with Crippen molar-refractivity contribution in [1.29, 1.82) is 0 Å². The molecule has 6 aromatic rings. The average molecular weight is 543 g/mol. The summed E-state index contributed by atoms with van der Waals surface area (Å²) >= 11 is 0. The van der Waals surface area contributed by atoms with E-state index in [1.54, 1.807) is 18.6 Å². The van der Waals surface area contributed by atoms with Crippen LogP contribution in [0.15, 0.2) is 85.3 Å². The fourth-order valence-corrected chi connectivity index (χ4v) is 5.51. The first-order chi connectivity index (χ1) is 20.1. The van der Waals surface area contributed by atoms with Gasteiger partial charge in [-0.2, -0.15) is 5.10 Å². The molecule has 1 aliphatic heterocycles. The Labute approximate surface area is 237 Å². The fourth-order valence-electron chi connectivity index (χ4n) is 5.51. The molecule has 0 bridgehead atoms. The molecule has 0 spiro atoms. The maximum atomic E-state index is 12.6. The second-order valence-electron chi connectivity index (χ2n) is 10.6. The molecule has 41 heavy (non-hydrogen) atoms. The van der Waals surface area contributed by atoms with Gasteiger partial charge in [0.2, 0.25) is 5.91 Å². The van der Waals surface area contributed by atoms with Crippen molar-refractivity contribution in [2.24, 2.45) is 0 Å². The zero-order valence-corrected chi connectivity index (χ0v) is 22.8. The van der Waals surface area contributed by atoms with Crippen LogP contribution in [0.25, 0.3) is 44.5 Å². The van der Waals surface area contributed by atoms with Gasteiger partial charge in [0.15, 0.2) is 5.65 Å². The van der Waals surface area contributed by atoms with Crippen molar-refractivity contribution in [1.82, 2.24) is 30.0 Å².